The van der Waals surface area contributed by atoms with Gasteiger partial charge in [-0.25, -0.2) is 9.97 Å². The molecule has 1 aromatic carbocycles. The molecule has 4 nitrogen and oxygen atoms in total. The average molecular weight is 224 g/mol. The fourth-order valence-electron chi connectivity index (χ4n) is 1.88. The van der Waals surface area contributed by atoms with Gasteiger partial charge < -0.3 is 10.7 Å². The number of nitrogens with two attached hydrogens (primary N) is 1. The Morgan fingerprint density at radius 2 is 2.12 bits per heavy atom. The summed E-state index contributed by atoms with van der Waals surface area (Å²) in [5.41, 5.74) is 9.38. The zero-order valence-corrected chi connectivity index (χ0v) is 9.22. The first-order valence-electron chi connectivity index (χ1n) is 5.45. The van der Waals surface area contributed by atoms with Crippen LogP contribution in [-0.4, -0.2) is 15.0 Å². The Bertz CT molecular complexity index is 624. The molecule has 0 unspecified atom stereocenters. The summed E-state index contributed by atoms with van der Waals surface area (Å²) in [5.74, 6) is 0.907. The van der Waals surface area contributed by atoms with E-state index < -0.39 is 0 Å². The predicted molar refractivity (Wildman–Crippen MR) is 67.5 cm³/mol. The number of nitrogens with one attached hydrogen (secondary N) is 1. The van der Waals surface area contributed by atoms with E-state index in [1.807, 2.05) is 36.4 Å². The number of aromatic amines is 1. The van der Waals surface area contributed by atoms with Crippen LogP contribution in [0.3, 0.4) is 0 Å². The Hall–Kier alpha value is -2.36. The van der Waals surface area contributed by atoms with Gasteiger partial charge >= 0.3 is 0 Å². The number of rotatable bonds is 2. The normalized spacial score (nSPS) is 10.8. The Balaban J connectivity index is 1.94. The van der Waals surface area contributed by atoms with Gasteiger partial charge in [0, 0.05) is 18.3 Å². The van der Waals surface area contributed by atoms with Crippen molar-refractivity contribution in [3.05, 3.63) is 54.0 Å². The summed E-state index contributed by atoms with van der Waals surface area (Å²) < 4.78 is 0. The molecule has 0 amide bonds. The molecule has 0 aliphatic carbocycles. The standard InChI is InChI=1S/C13H12N4/c14-10-4-1-3-9(7-10)8-12-16-11-5-2-6-15-13(11)17-12/h1-7H,8,14H2,(H,15,16,17). The first-order valence-corrected chi connectivity index (χ1v) is 5.45. The van der Waals surface area contributed by atoms with E-state index in [2.05, 4.69) is 15.0 Å². The highest BCUT2D eigenvalue weighted by Gasteiger charge is 2.04. The maximum atomic E-state index is 5.74. The molecule has 2 heterocycles. The molecule has 0 fully saturated rings. The third kappa shape index (κ3) is 1.97. The monoisotopic (exact) mass is 224 g/mol. The van der Waals surface area contributed by atoms with Gasteiger partial charge in [-0.2, -0.15) is 0 Å². The number of fused-ring (bicyclic) bond motifs is 1. The van der Waals surface area contributed by atoms with Crippen LogP contribution in [-0.2, 0) is 6.42 Å². The molecule has 0 spiro atoms. The van der Waals surface area contributed by atoms with Crippen LogP contribution in [0.2, 0.25) is 0 Å². The summed E-state index contributed by atoms with van der Waals surface area (Å²) in [4.78, 5) is 11.9. The largest absolute Gasteiger partial charge is 0.399 e. The molecule has 0 saturated heterocycles. The van der Waals surface area contributed by atoms with Crippen LogP contribution in [0.25, 0.3) is 11.2 Å². The van der Waals surface area contributed by atoms with Crippen LogP contribution >= 0.6 is 0 Å². The van der Waals surface area contributed by atoms with Crippen LogP contribution in [0.4, 0.5) is 5.69 Å². The van der Waals surface area contributed by atoms with Crippen molar-refractivity contribution in [2.24, 2.45) is 0 Å². The minimum atomic E-state index is 0.738. The Kier molecular flexibility index (Phi) is 2.26. The topological polar surface area (TPSA) is 67.6 Å². The van der Waals surface area contributed by atoms with Crippen molar-refractivity contribution < 1.29 is 0 Å². The number of hydrogen-bond acceptors (Lipinski definition) is 3. The van der Waals surface area contributed by atoms with Gasteiger partial charge in [0.2, 0.25) is 0 Å². The number of hydrogen-bond donors (Lipinski definition) is 2. The Morgan fingerprint density at radius 3 is 2.94 bits per heavy atom. The lowest BCUT2D eigenvalue weighted by molar-refractivity contribution is 1.04. The molecule has 0 atom stereocenters. The summed E-state index contributed by atoms with van der Waals surface area (Å²) in [6.07, 6.45) is 2.48. The van der Waals surface area contributed by atoms with Gasteiger partial charge in [-0.3, -0.25) is 0 Å². The Morgan fingerprint density at radius 1 is 1.18 bits per heavy atom. The molecule has 4 heteroatoms. The van der Waals surface area contributed by atoms with Crippen molar-refractivity contribution in [3.8, 4) is 0 Å². The second kappa shape index (κ2) is 3.90. The molecule has 2 aromatic heterocycles. The third-order valence-corrected chi connectivity index (χ3v) is 2.63. The molecule has 84 valence electrons. The number of anilines is 1. The number of imidazole rings is 1. The number of H-pyrrole nitrogens is 1. The molecule has 3 rings (SSSR count). The van der Waals surface area contributed by atoms with Crippen LogP contribution in [0.15, 0.2) is 42.6 Å². The summed E-state index contributed by atoms with van der Waals surface area (Å²) >= 11 is 0. The molecule has 17 heavy (non-hydrogen) atoms. The van der Waals surface area contributed by atoms with Gasteiger partial charge in [0.15, 0.2) is 5.65 Å². The number of aromatic nitrogens is 3. The van der Waals surface area contributed by atoms with Crippen molar-refractivity contribution in [3.63, 3.8) is 0 Å². The number of pyridine rings is 1. The number of nitrogen functional groups attached to an aromatic ring is 1. The smallest absolute Gasteiger partial charge is 0.177 e. The third-order valence-electron chi connectivity index (χ3n) is 2.63. The van der Waals surface area contributed by atoms with E-state index in [4.69, 9.17) is 5.73 Å². The van der Waals surface area contributed by atoms with E-state index in [-0.39, 0.29) is 0 Å². The molecule has 0 bridgehead atoms. The van der Waals surface area contributed by atoms with Crippen LogP contribution in [0.1, 0.15) is 11.4 Å². The molecule has 3 aromatic rings. The second-order valence-corrected chi connectivity index (χ2v) is 3.98. The molecule has 0 aliphatic heterocycles. The lowest BCUT2D eigenvalue weighted by Crippen LogP contribution is -1.92. The van der Waals surface area contributed by atoms with Gasteiger partial charge in [0.25, 0.3) is 0 Å². The Labute approximate surface area is 98.5 Å². The maximum absolute atomic E-state index is 5.74. The number of benzene rings is 1. The molecule has 0 aliphatic rings. The molecule has 0 saturated carbocycles. The zero-order chi connectivity index (χ0) is 11.7. The molecular formula is C13H12N4. The zero-order valence-electron chi connectivity index (χ0n) is 9.22. The highest BCUT2D eigenvalue weighted by Crippen LogP contribution is 2.13. The number of nitrogens with zero attached hydrogens (tertiary/aromatic N) is 2. The van der Waals surface area contributed by atoms with Crippen molar-refractivity contribution in [1.29, 1.82) is 0 Å². The average Bonchev–Trinajstić information content (AvgIpc) is 2.71. The quantitative estimate of drug-likeness (QED) is 0.655. The minimum absolute atomic E-state index is 0.738. The minimum Gasteiger partial charge on any atom is -0.399 e. The molecular weight excluding hydrogens is 212 g/mol. The van der Waals surface area contributed by atoms with Crippen LogP contribution in [0.5, 0.6) is 0 Å². The van der Waals surface area contributed by atoms with Crippen molar-refractivity contribution in [1.82, 2.24) is 15.0 Å². The second-order valence-electron chi connectivity index (χ2n) is 3.98. The lowest BCUT2D eigenvalue weighted by atomic mass is 10.1. The summed E-state index contributed by atoms with van der Waals surface area (Å²) in [5, 5.41) is 0. The summed E-state index contributed by atoms with van der Waals surface area (Å²) in [7, 11) is 0. The van der Waals surface area contributed by atoms with Gasteiger partial charge in [-0.15, -0.1) is 0 Å². The lowest BCUT2D eigenvalue weighted by Gasteiger charge is -1.99. The van der Waals surface area contributed by atoms with E-state index in [0.29, 0.717) is 0 Å². The van der Waals surface area contributed by atoms with E-state index in [9.17, 15) is 0 Å². The van der Waals surface area contributed by atoms with Crippen molar-refractivity contribution >= 4 is 16.9 Å². The van der Waals surface area contributed by atoms with E-state index in [0.717, 1.165) is 34.7 Å². The fourth-order valence-corrected chi connectivity index (χ4v) is 1.88. The van der Waals surface area contributed by atoms with Crippen LogP contribution < -0.4 is 5.73 Å². The SMILES string of the molecule is Nc1cccc(Cc2nc3ncccc3[nH]2)c1. The van der Waals surface area contributed by atoms with E-state index >= 15 is 0 Å². The molecule has 0 radical (unpaired) electrons. The first-order chi connectivity index (χ1) is 8.31. The highest BCUT2D eigenvalue weighted by molar-refractivity contribution is 5.70. The van der Waals surface area contributed by atoms with Gasteiger partial charge in [0.1, 0.15) is 5.82 Å². The maximum Gasteiger partial charge on any atom is 0.177 e. The van der Waals surface area contributed by atoms with Gasteiger partial charge in [-0.1, -0.05) is 12.1 Å². The predicted octanol–water partition coefficient (Wildman–Crippen LogP) is 2.13. The van der Waals surface area contributed by atoms with Crippen molar-refractivity contribution in [2.75, 3.05) is 5.73 Å². The van der Waals surface area contributed by atoms with E-state index in [1.165, 1.54) is 0 Å². The summed E-state index contributed by atoms with van der Waals surface area (Å²) in [6.45, 7) is 0. The van der Waals surface area contributed by atoms with Gasteiger partial charge in [0.05, 0.1) is 5.52 Å². The fraction of sp³-hybridized carbons (Fsp3) is 0.0769. The van der Waals surface area contributed by atoms with Crippen molar-refractivity contribution in [2.45, 2.75) is 6.42 Å². The van der Waals surface area contributed by atoms with Gasteiger partial charge in [-0.05, 0) is 29.8 Å². The summed E-state index contributed by atoms with van der Waals surface area (Å²) in [6, 6.07) is 11.7. The molecule has 3 N–H and O–H groups in total. The first kappa shape index (κ1) is 9.84. The van der Waals surface area contributed by atoms with E-state index in [1.54, 1.807) is 6.20 Å². The van der Waals surface area contributed by atoms with Crippen LogP contribution in [0, 0.1) is 0 Å². The highest BCUT2D eigenvalue weighted by atomic mass is 15.0.